The van der Waals surface area contributed by atoms with Gasteiger partial charge in [-0.25, -0.2) is 14.4 Å². The predicted octanol–water partition coefficient (Wildman–Crippen LogP) is 8.18. The molecule has 0 aliphatic rings. The normalized spacial score (nSPS) is 10.6. The van der Waals surface area contributed by atoms with Crippen molar-refractivity contribution in [2.75, 3.05) is 0 Å². The largest absolute Gasteiger partial charge is 0.453 e. The van der Waals surface area contributed by atoms with Crippen LogP contribution in [-0.2, 0) is 0 Å². The summed E-state index contributed by atoms with van der Waals surface area (Å²) in [4.78, 5) is 56.9. The average Bonchev–Trinajstić information content (AvgIpc) is 3.13. The van der Waals surface area contributed by atoms with Gasteiger partial charge in [-0.15, -0.1) is 0 Å². The first-order valence-electron chi connectivity index (χ1n) is 15.8. The van der Waals surface area contributed by atoms with Crippen LogP contribution in [0.3, 0.4) is 0 Å². The standard InChI is InChI=1S/C39H30N6O6/c46-37-40-25-13-1-7-19-31(25)49-32-20-8-2-14-26(32)42-38(47)43-29-17-5-11-23-35(29)51-36-24-12-6-18-30(36)45-39(48)44-28-16-4-10-22-34(28)50-33-21-9-3-15-27(33)41-37/h1-24H,(H2,40,41,46)(H2,42,43,47)(H2,44,45,48). The number of nitrogens with one attached hydrogen (secondary N) is 6. The van der Waals surface area contributed by atoms with E-state index in [9.17, 15) is 14.4 Å². The number of aromatic amines is 6. The lowest BCUT2D eigenvalue weighted by Crippen LogP contribution is -2.07. The zero-order valence-corrected chi connectivity index (χ0v) is 26.8. The molecule has 0 spiro atoms. The number of rotatable bonds is 0. The van der Waals surface area contributed by atoms with Crippen LogP contribution < -0.4 is 17.1 Å². The van der Waals surface area contributed by atoms with Crippen LogP contribution in [-0.4, -0.2) is 29.9 Å². The van der Waals surface area contributed by atoms with Gasteiger partial charge in [-0.05, 0) is 72.8 Å². The van der Waals surface area contributed by atoms with Gasteiger partial charge in [0.05, 0.1) is 33.1 Å². The van der Waals surface area contributed by atoms with Crippen LogP contribution in [0, 0.1) is 0 Å². The average molecular weight is 679 g/mol. The minimum absolute atomic E-state index is 0.331. The molecule has 252 valence electrons. The Morgan fingerprint density at radius 1 is 0.255 bits per heavy atom. The first kappa shape index (κ1) is 32.1. The van der Waals surface area contributed by atoms with E-state index < -0.39 is 17.1 Å². The highest BCUT2D eigenvalue weighted by molar-refractivity contribution is 5.78. The van der Waals surface area contributed by atoms with Gasteiger partial charge in [0, 0.05) is 0 Å². The number of H-pyrrole nitrogens is 6. The Morgan fingerprint density at radius 3 is 0.588 bits per heavy atom. The molecular weight excluding hydrogens is 648 g/mol. The highest BCUT2D eigenvalue weighted by Gasteiger charge is 1.99. The van der Waals surface area contributed by atoms with E-state index in [1.54, 1.807) is 146 Å². The molecule has 7 rings (SSSR count). The molecule has 0 aliphatic heterocycles. The second-order valence-corrected chi connectivity index (χ2v) is 11.0. The second-order valence-electron chi connectivity index (χ2n) is 11.0. The highest BCUT2D eigenvalue weighted by atomic mass is 16.3. The Morgan fingerprint density at radius 2 is 0.412 bits per heavy atom. The first-order valence-corrected chi connectivity index (χ1v) is 15.8. The van der Waals surface area contributed by atoms with Crippen LogP contribution in [0.25, 0.3) is 66.6 Å². The van der Waals surface area contributed by atoms with Crippen molar-refractivity contribution in [2.24, 2.45) is 0 Å². The van der Waals surface area contributed by atoms with Crippen molar-refractivity contribution < 1.29 is 13.3 Å². The molecule has 0 saturated heterocycles. The van der Waals surface area contributed by atoms with Crippen molar-refractivity contribution in [3.8, 4) is 0 Å². The molecule has 0 saturated carbocycles. The number of benzene rings is 6. The van der Waals surface area contributed by atoms with Crippen molar-refractivity contribution in [3.05, 3.63) is 177 Å². The molecular formula is C39H30N6O6. The van der Waals surface area contributed by atoms with Gasteiger partial charge < -0.3 is 43.2 Å². The molecule has 12 nitrogen and oxygen atoms in total. The van der Waals surface area contributed by atoms with Gasteiger partial charge in [0.15, 0.2) is 33.5 Å². The van der Waals surface area contributed by atoms with Crippen molar-refractivity contribution in [1.29, 1.82) is 0 Å². The zero-order valence-electron chi connectivity index (χ0n) is 26.8. The van der Waals surface area contributed by atoms with Gasteiger partial charge in [-0.3, -0.25) is 0 Å². The van der Waals surface area contributed by atoms with Crippen molar-refractivity contribution >= 4 is 66.6 Å². The first-order chi connectivity index (χ1) is 25.0. The third-order valence-corrected chi connectivity index (χ3v) is 7.47. The molecule has 12 heteroatoms. The Bertz CT molecular complexity index is 2470. The van der Waals surface area contributed by atoms with Crippen LogP contribution in [0.4, 0.5) is 0 Å². The summed E-state index contributed by atoms with van der Waals surface area (Å²) in [7, 11) is 0. The fourth-order valence-corrected chi connectivity index (χ4v) is 5.14. The van der Waals surface area contributed by atoms with E-state index in [1.807, 2.05) is 0 Å². The number of para-hydroxylation sites is 12. The predicted molar refractivity (Wildman–Crippen MR) is 199 cm³/mol. The molecule has 51 heavy (non-hydrogen) atoms. The van der Waals surface area contributed by atoms with Gasteiger partial charge in [-0.2, -0.15) is 0 Å². The fraction of sp³-hybridized carbons (Fsp3) is 0. The van der Waals surface area contributed by atoms with Gasteiger partial charge in [-0.1, -0.05) is 72.8 Å². The molecule has 0 atom stereocenters. The third kappa shape index (κ3) is 7.82. The summed E-state index contributed by atoms with van der Waals surface area (Å²) in [5, 5.41) is 0. The van der Waals surface area contributed by atoms with Crippen LogP contribution in [0.1, 0.15) is 0 Å². The summed E-state index contributed by atoms with van der Waals surface area (Å²) in [6.07, 6.45) is 0. The van der Waals surface area contributed by atoms with E-state index in [1.165, 1.54) is 0 Å². The lowest BCUT2D eigenvalue weighted by atomic mass is 10.3. The maximum atomic E-state index is 13.3. The molecule has 6 aromatic carbocycles. The summed E-state index contributed by atoms with van der Waals surface area (Å²) in [5.41, 5.74) is 2.51. The van der Waals surface area contributed by atoms with Crippen LogP contribution >= 0.6 is 0 Å². The minimum atomic E-state index is -0.562. The molecule has 0 bridgehead atoms. The van der Waals surface area contributed by atoms with E-state index in [0.29, 0.717) is 66.6 Å². The molecule has 0 unspecified atom stereocenters. The smallest absolute Gasteiger partial charge is 0.323 e. The van der Waals surface area contributed by atoms with Gasteiger partial charge in [0.2, 0.25) is 0 Å². The topological polar surface area (TPSA) is 185 Å². The Balaban J connectivity index is 1.65. The Kier molecular flexibility index (Phi) is 9.28. The molecule has 1 aromatic heterocycles. The number of fused-ring (bicyclic) bond motifs is 6. The SMILES string of the molecule is O=c1[nH]c2ccccc2oc2ccccc2[nH]c(=O)[nH]c2ccccc2oc2ccccc2[nH]c(=O)[nH]c2ccccc2oc2ccccc2[nH]1. The van der Waals surface area contributed by atoms with E-state index in [4.69, 9.17) is 13.3 Å². The van der Waals surface area contributed by atoms with Gasteiger partial charge in [0.25, 0.3) is 0 Å². The van der Waals surface area contributed by atoms with E-state index >= 15 is 0 Å². The Labute approximate surface area is 286 Å². The number of hydrogen-bond acceptors (Lipinski definition) is 6. The third-order valence-electron chi connectivity index (χ3n) is 7.47. The van der Waals surface area contributed by atoms with Crippen LogP contribution in [0.5, 0.6) is 0 Å². The van der Waals surface area contributed by atoms with Crippen molar-refractivity contribution in [3.63, 3.8) is 0 Å². The summed E-state index contributed by atoms with van der Waals surface area (Å²) in [6.45, 7) is 0. The molecule has 0 aliphatic carbocycles. The molecule has 0 amide bonds. The summed E-state index contributed by atoms with van der Waals surface area (Å²) in [5.74, 6) is 0. The molecule has 0 fully saturated rings. The second kappa shape index (κ2) is 14.7. The molecule has 0 radical (unpaired) electrons. The van der Waals surface area contributed by atoms with E-state index in [2.05, 4.69) is 29.9 Å². The minimum Gasteiger partial charge on any atom is -0.453 e. The quantitative estimate of drug-likeness (QED) is 0.0939. The van der Waals surface area contributed by atoms with Crippen molar-refractivity contribution in [1.82, 2.24) is 29.9 Å². The summed E-state index contributed by atoms with van der Waals surface area (Å²) in [6, 6.07) is 41.4. The molecule has 7 aromatic rings. The maximum absolute atomic E-state index is 13.3. The van der Waals surface area contributed by atoms with Crippen LogP contribution in [0.15, 0.2) is 173 Å². The zero-order chi connectivity index (χ0) is 35.0. The van der Waals surface area contributed by atoms with E-state index in [0.717, 1.165) is 0 Å². The number of aromatic nitrogens is 6. The highest BCUT2D eigenvalue weighted by Crippen LogP contribution is 2.16. The molecule has 1 heterocycles. The monoisotopic (exact) mass is 678 g/mol. The summed E-state index contributed by atoms with van der Waals surface area (Å²) < 4.78 is 18.7. The van der Waals surface area contributed by atoms with Gasteiger partial charge >= 0.3 is 17.1 Å². The lowest BCUT2D eigenvalue weighted by Gasteiger charge is -1.97. The van der Waals surface area contributed by atoms with Crippen LogP contribution in [0.2, 0.25) is 0 Å². The van der Waals surface area contributed by atoms with E-state index in [-0.39, 0.29) is 0 Å². The Hall–Kier alpha value is -7.47. The molecule has 6 N–H and O–H groups in total. The maximum Gasteiger partial charge on any atom is 0.323 e. The summed E-state index contributed by atoms with van der Waals surface area (Å²) >= 11 is 0. The lowest BCUT2D eigenvalue weighted by molar-refractivity contribution is 0.659. The fourth-order valence-electron chi connectivity index (χ4n) is 5.14. The number of hydrogen-bond donors (Lipinski definition) is 6. The van der Waals surface area contributed by atoms with Crippen molar-refractivity contribution in [2.45, 2.75) is 0 Å². The van der Waals surface area contributed by atoms with Gasteiger partial charge in [0.1, 0.15) is 0 Å².